The highest BCUT2D eigenvalue weighted by Crippen LogP contribution is 2.44. The van der Waals surface area contributed by atoms with Crippen molar-refractivity contribution >= 4 is 19.3 Å². The molecule has 2 aliphatic rings. The lowest BCUT2D eigenvalue weighted by Gasteiger charge is -2.32. The molecule has 1 N–H and O–H groups in total. The van der Waals surface area contributed by atoms with Gasteiger partial charge in [-0.05, 0) is 73.6 Å². The molecule has 1 aliphatic carbocycles. The molecule has 1 fully saturated rings. The van der Waals surface area contributed by atoms with Crippen LogP contribution >= 0.6 is 0 Å². The minimum absolute atomic E-state index is 0.0297. The lowest BCUT2D eigenvalue weighted by atomic mass is 9.77. The van der Waals surface area contributed by atoms with Gasteiger partial charge in [0.25, 0.3) is 0 Å². The molecule has 8 heteroatoms. The van der Waals surface area contributed by atoms with Crippen molar-refractivity contribution in [3.63, 3.8) is 0 Å². The van der Waals surface area contributed by atoms with E-state index in [9.17, 15) is 10.1 Å². The maximum absolute atomic E-state index is 12.9. The van der Waals surface area contributed by atoms with E-state index in [1.54, 1.807) is 24.4 Å². The van der Waals surface area contributed by atoms with Gasteiger partial charge in [0.05, 0.1) is 22.5 Å². The standard InChI is InChI=1S/C30H30BN3O4/c1-29(2)30(3,4)38-31(37-29)21(16-27-20(17-32)10-9-15-33-27)18-34-28(35)36-19-26-24-13-7-5-11-22(24)23-12-6-8-14-25(23)26/h5-16,26H,18-19H2,1-4H3,(H,34,35). The number of benzene rings is 2. The largest absolute Gasteiger partial charge is 0.492 e. The summed E-state index contributed by atoms with van der Waals surface area (Å²) in [7, 11) is -0.720. The number of carbonyl (C=O) groups excluding carboxylic acids is 1. The number of rotatable bonds is 6. The Morgan fingerprint density at radius 3 is 2.24 bits per heavy atom. The van der Waals surface area contributed by atoms with Crippen LogP contribution in [0.25, 0.3) is 17.2 Å². The lowest BCUT2D eigenvalue weighted by molar-refractivity contribution is 0.00578. The third kappa shape index (κ3) is 4.83. The van der Waals surface area contributed by atoms with Crippen molar-refractivity contribution < 1.29 is 18.8 Å². The number of nitrogens with zero attached hydrogens (tertiary/aromatic N) is 2. The molecule has 1 aliphatic heterocycles. The van der Waals surface area contributed by atoms with Gasteiger partial charge in [-0.15, -0.1) is 0 Å². The number of ether oxygens (including phenoxy) is 1. The molecular formula is C30H30BN3O4. The third-order valence-electron chi connectivity index (χ3n) is 7.62. The fourth-order valence-corrected chi connectivity index (χ4v) is 4.82. The first kappa shape index (κ1) is 25.7. The topological polar surface area (TPSA) is 93.5 Å². The number of carbonyl (C=O) groups is 1. The molecule has 7 nitrogen and oxygen atoms in total. The Morgan fingerprint density at radius 2 is 1.63 bits per heavy atom. The first-order valence-electron chi connectivity index (χ1n) is 12.7. The fraction of sp³-hybridized carbons (Fsp3) is 0.300. The third-order valence-corrected chi connectivity index (χ3v) is 7.62. The van der Waals surface area contributed by atoms with E-state index in [0.717, 1.165) is 11.1 Å². The fourth-order valence-electron chi connectivity index (χ4n) is 4.82. The van der Waals surface area contributed by atoms with E-state index >= 15 is 0 Å². The SMILES string of the molecule is CC1(C)OB(C(=Cc2ncccc2C#N)CNC(=O)OCC2c3ccccc3-c3ccccc32)OC1(C)C. The molecular weight excluding hydrogens is 477 g/mol. The first-order chi connectivity index (χ1) is 18.2. The van der Waals surface area contributed by atoms with E-state index in [-0.39, 0.29) is 19.1 Å². The second-order valence-corrected chi connectivity index (χ2v) is 10.5. The van der Waals surface area contributed by atoms with Crippen LogP contribution in [0.1, 0.15) is 56.0 Å². The van der Waals surface area contributed by atoms with Crippen LogP contribution in [0.3, 0.4) is 0 Å². The molecule has 1 saturated heterocycles. The summed E-state index contributed by atoms with van der Waals surface area (Å²) in [5.41, 5.74) is 5.05. The van der Waals surface area contributed by atoms with Gasteiger partial charge in [-0.1, -0.05) is 48.5 Å². The molecule has 2 aromatic carbocycles. The molecule has 0 atom stereocenters. The average Bonchev–Trinajstić information content (AvgIpc) is 3.34. The number of hydrogen-bond donors (Lipinski definition) is 1. The summed E-state index contributed by atoms with van der Waals surface area (Å²) in [5.74, 6) is -0.0297. The molecule has 3 aromatic rings. The summed E-state index contributed by atoms with van der Waals surface area (Å²) in [6.07, 6.45) is 2.81. The smallest absolute Gasteiger partial charge is 0.449 e. The highest BCUT2D eigenvalue weighted by atomic mass is 16.7. The zero-order valence-corrected chi connectivity index (χ0v) is 22.0. The Bertz CT molecular complexity index is 1380. The minimum atomic E-state index is -0.720. The van der Waals surface area contributed by atoms with E-state index < -0.39 is 24.4 Å². The van der Waals surface area contributed by atoms with Gasteiger partial charge in [0.2, 0.25) is 0 Å². The van der Waals surface area contributed by atoms with E-state index in [2.05, 4.69) is 40.6 Å². The molecule has 192 valence electrons. The highest BCUT2D eigenvalue weighted by molar-refractivity contribution is 6.56. The lowest BCUT2D eigenvalue weighted by Crippen LogP contribution is -2.41. The van der Waals surface area contributed by atoms with E-state index in [1.807, 2.05) is 52.0 Å². The van der Waals surface area contributed by atoms with Gasteiger partial charge in [-0.2, -0.15) is 5.26 Å². The molecule has 1 aromatic heterocycles. The van der Waals surface area contributed by atoms with Crippen molar-refractivity contribution in [3.8, 4) is 17.2 Å². The molecule has 0 saturated carbocycles. The van der Waals surface area contributed by atoms with Crippen LogP contribution < -0.4 is 5.32 Å². The summed E-state index contributed by atoms with van der Waals surface area (Å²) in [5, 5.41) is 12.4. The number of hydrogen-bond acceptors (Lipinski definition) is 6. The molecule has 38 heavy (non-hydrogen) atoms. The van der Waals surface area contributed by atoms with Crippen LogP contribution in [0.5, 0.6) is 0 Å². The second kappa shape index (κ2) is 10.1. The van der Waals surface area contributed by atoms with Gasteiger partial charge >= 0.3 is 13.2 Å². The van der Waals surface area contributed by atoms with Crippen LogP contribution in [-0.2, 0) is 14.0 Å². The predicted molar refractivity (Wildman–Crippen MR) is 146 cm³/mol. The van der Waals surface area contributed by atoms with Gasteiger partial charge < -0.3 is 19.4 Å². The Hall–Kier alpha value is -3.93. The Balaban J connectivity index is 1.31. The summed E-state index contributed by atoms with van der Waals surface area (Å²) in [6.45, 7) is 8.18. The van der Waals surface area contributed by atoms with Crippen molar-refractivity contribution in [3.05, 3.63) is 94.7 Å². The van der Waals surface area contributed by atoms with E-state index in [1.165, 1.54) is 11.1 Å². The van der Waals surface area contributed by atoms with Crippen LogP contribution in [0.4, 0.5) is 4.79 Å². The predicted octanol–water partition coefficient (Wildman–Crippen LogP) is 5.51. The number of pyridine rings is 1. The van der Waals surface area contributed by atoms with Crippen LogP contribution in [-0.4, -0.2) is 42.5 Å². The number of aromatic nitrogens is 1. The quantitative estimate of drug-likeness (QED) is 0.443. The summed E-state index contributed by atoms with van der Waals surface area (Å²) >= 11 is 0. The summed E-state index contributed by atoms with van der Waals surface area (Å²) in [6, 6.07) is 22.0. The van der Waals surface area contributed by atoms with Crippen LogP contribution in [0.15, 0.2) is 72.3 Å². The molecule has 0 bridgehead atoms. The van der Waals surface area contributed by atoms with Crippen LogP contribution in [0, 0.1) is 11.3 Å². The summed E-state index contributed by atoms with van der Waals surface area (Å²) in [4.78, 5) is 17.2. The maximum atomic E-state index is 12.9. The Kier molecular flexibility index (Phi) is 6.83. The molecule has 2 heterocycles. The Labute approximate surface area is 223 Å². The number of fused-ring (bicyclic) bond motifs is 3. The normalized spacial score (nSPS) is 17.4. The first-order valence-corrected chi connectivity index (χ1v) is 12.7. The maximum Gasteiger partial charge on any atom is 0.492 e. The minimum Gasteiger partial charge on any atom is -0.449 e. The highest BCUT2D eigenvalue weighted by Gasteiger charge is 2.52. The number of alkyl carbamates (subject to hydrolysis) is 1. The van der Waals surface area contributed by atoms with Gasteiger partial charge in [0.15, 0.2) is 0 Å². The number of amides is 1. The van der Waals surface area contributed by atoms with Crippen molar-refractivity contribution in [2.75, 3.05) is 13.2 Å². The summed E-state index contributed by atoms with van der Waals surface area (Å²) < 4.78 is 18.2. The molecule has 0 radical (unpaired) electrons. The Morgan fingerprint density at radius 1 is 1.03 bits per heavy atom. The van der Waals surface area contributed by atoms with Gasteiger partial charge in [0, 0.05) is 18.7 Å². The number of nitriles is 1. The second-order valence-electron chi connectivity index (χ2n) is 10.5. The molecule has 1 amide bonds. The monoisotopic (exact) mass is 507 g/mol. The van der Waals surface area contributed by atoms with E-state index in [4.69, 9.17) is 14.0 Å². The number of nitrogens with one attached hydrogen (secondary N) is 1. The van der Waals surface area contributed by atoms with Gasteiger partial charge in [0.1, 0.15) is 12.7 Å². The average molecular weight is 507 g/mol. The van der Waals surface area contributed by atoms with Crippen LogP contribution in [0.2, 0.25) is 0 Å². The van der Waals surface area contributed by atoms with Crippen molar-refractivity contribution in [2.24, 2.45) is 0 Å². The van der Waals surface area contributed by atoms with Crippen molar-refractivity contribution in [1.82, 2.24) is 10.3 Å². The van der Waals surface area contributed by atoms with E-state index in [0.29, 0.717) is 16.7 Å². The molecule has 0 spiro atoms. The van der Waals surface area contributed by atoms with Gasteiger partial charge in [-0.3, -0.25) is 4.98 Å². The zero-order chi connectivity index (χ0) is 26.9. The zero-order valence-electron chi connectivity index (χ0n) is 22.0. The van der Waals surface area contributed by atoms with Gasteiger partial charge in [-0.25, -0.2) is 4.79 Å². The molecule has 5 rings (SSSR count). The van der Waals surface area contributed by atoms with Crippen molar-refractivity contribution in [2.45, 2.75) is 44.8 Å². The molecule has 0 unspecified atom stereocenters. The van der Waals surface area contributed by atoms with Crippen molar-refractivity contribution in [1.29, 1.82) is 5.26 Å².